The van der Waals surface area contributed by atoms with Crippen LogP contribution in [0.3, 0.4) is 0 Å². The van der Waals surface area contributed by atoms with Gasteiger partial charge in [0.25, 0.3) is 0 Å². The van der Waals surface area contributed by atoms with E-state index in [9.17, 15) is 35.9 Å². The molecule has 0 unspecified atom stereocenters. The van der Waals surface area contributed by atoms with Crippen LogP contribution < -0.4 is 14.2 Å². The van der Waals surface area contributed by atoms with E-state index in [1.165, 1.54) is 18.2 Å². The maximum Gasteiger partial charge on any atom is 0.449 e. The van der Waals surface area contributed by atoms with Crippen LogP contribution in [-0.2, 0) is 41.6 Å². The van der Waals surface area contributed by atoms with Crippen molar-refractivity contribution >= 4 is 23.5 Å². The van der Waals surface area contributed by atoms with E-state index in [1.807, 2.05) is 6.92 Å². The predicted molar refractivity (Wildman–Crippen MR) is 203 cm³/mol. The highest BCUT2D eigenvalue weighted by Crippen LogP contribution is 2.38. The molecule has 6 aromatic rings. The number of furan rings is 2. The number of rotatable bonds is 14. The molecule has 2 N–H and O–H groups in total. The summed E-state index contributed by atoms with van der Waals surface area (Å²) in [7, 11) is 0. The van der Waals surface area contributed by atoms with E-state index in [-0.39, 0.29) is 31.0 Å². The van der Waals surface area contributed by atoms with Crippen LogP contribution in [0.4, 0.5) is 26.3 Å². The van der Waals surface area contributed by atoms with E-state index in [1.54, 1.807) is 79.7 Å². The molecule has 0 aliphatic rings. The van der Waals surface area contributed by atoms with Crippen molar-refractivity contribution in [2.45, 2.75) is 52.3 Å². The molecule has 0 saturated carbocycles. The fraction of sp³-hybridized carbons (Fsp3) is 0.209. The third-order valence-electron chi connectivity index (χ3n) is 8.53. The second-order valence-corrected chi connectivity index (χ2v) is 13.4. The minimum absolute atomic E-state index is 0.00234. The van der Waals surface area contributed by atoms with Crippen molar-refractivity contribution in [2.75, 3.05) is 6.61 Å². The predicted octanol–water partition coefficient (Wildman–Crippen LogP) is 11.8. The zero-order chi connectivity index (χ0) is 42.9. The first kappa shape index (κ1) is 43.8. The van der Waals surface area contributed by atoms with Gasteiger partial charge in [0, 0.05) is 28.1 Å². The van der Waals surface area contributed by atoms with Gasteiger partial charge >= 0.3 is 24.3 Å². The molecule has 0 fully saturated rings. The maximum atomic E-state index is 13.4. The molecule has 0 aliphatic heterocycles. The van der Waals surface area contributed by atoms with Crippen LogP contribution in [0, 0.1) is 13.8 Å². The van der Waals surface area contributed by atoms with Crippen molar-refractivity contribution in [3.8, 4) is 39.9 Å². The summed E-state index contributed by atoms with van der Waals surface area (Å²) < 4.78 is 105. The van der Waals surface area contributed by atoms with Gasteiger partial charge in [-0.25, -0.2) is 4.79 Å². The summed E-state index contributed by atoms with van der Waals surface area (Å²) in [4.78, 5) is 21.2. The number of carboxylic acids is 2. The second kappa shape index (κ2) is 18.9. The van der Waals surface area contributed by atoms with Gasteiger partial charge < -0.3 is 33.3 Å². The largest absolute Gasteiger partial charge is 0.489 e. The number of halogens is 7. The summed E-state index contributed by atoms with van der Waals surface area (Å²) in [6, 6.07) is 25.6. The van der Waals surface area contributed by atoms with Gasteiger partial charge in [-0.3, -0.25) is 4.79 Å². The van der Waals surface area contributed by atoms with E-state index in [0.29, 0.717) is 51.3 Å². The molecule has 9 nitrogen and oxygen atoms in total. The van der Waals surface area contributed by atoms with Crippen LogP contribution in [0.1, 0.15) is 45.8 Å². The van der Waals surface area contributed by atoms with Crippen LogP contribution in [0.2, 0.25) is 5.02 Å². The minimum atomic E-state index is -4.66. The van der Waals surface area contributed by atoms with Gasteiger partial charge in [0.05, 0.1) is 5.56 Å². The van der Waals surface area contributed by atoms with Crippen LogP contribution in [-0.4, -0.2) is 28.8 Å². The molecule has 0 saturated heterocycles. The highest BCUT2D eigenvalue weighted by atomic mass is 35.5. The van der Waals surface area contributed by atoms with Gasteiger partial charge in [0.2, 0.25) is 5.76 Å². The Morgan fingerprint density at radius 2 is 1.24 bits per heavy atom. The molecular weight excluding hydrogens is 810 g/mol. The van der Waals surface area contributed by atoms with Gasteiger partial charge in [-0.1, -0.05) is 35.9 Å². The Balaban J connectivity index is 0.000000224. The Bertz CT molecular complexity index is 2350. The smallest absolute Gasteiger partial charge is 0.449 e. The van der Waals surface area contributed by atoms with Gasteiger partial charge in [0.1, 0.15) is 47.7 Å². The molecule has 16 heteroatoms. The summed E-state index contributed by atoms with van der Waals surface area (Å²) in [5.74, 6) is -0.648. The minimum Gasteiger partial charge on any atom is -0.489 e. The normalized spacial score (nSPS) is 11.4. The lowest BCUT2D eigenvalue weighted by atomic mass is 10.1. The molecule has 310 valence electrons. The molecule has 0 aliphatic carbocycles. The van der Waals surface area contributed by atoms with E-state index in [4.69, 9.17) is 44.9 Å². The Morgan fingerprint density at radius 1 is 0.644 bits per heavy atom. The molecule has 6 rings (SSSR count). The molecule has 0 radical (unpaired) electrons. The van der Waals surface area contributed by atoms with Gasteiger partial charge in [-0.05, 0) is 116 Å². The average molecular weight is 845 g/mol. The lowest BCUT2D eigenvalue weighted by Gasteiger charge is -2.10. The monoisotopic (exact) mass is 844 g/mol. The number of hydrogen-bond acceptors (Lipinski definition) is 7. The fourth-order valence-electron chi connectivity index (χ4n) is 5.49. The number of aryl methyl sites for hydroxylation is 3. The van der Waals surface area contributed by atoms with Crippen LogP contribution in [0.15, 0.2) is 112 Å². The number of carbonyl (C=O) groups is 2. The first-order valence-electron chi connectivity index (χ1n) is 17.6. The van der Waals surface area contributed by atoms with Gasteiger partial charge in [-0.15, -0.1) is 0 Å². The number of alkyl halides is 6. The summed E-state index contributed by atoms with van der Waals surface area (Å²) in [6.07, 6.45) is -8.69. The Kier molecular flexibility index (Phi) is 14.0. The highest BCUT2D eigenvalue weighted by Gasteiger charge is 2.38. The highest BCUT2D eigenvalue weighted by molar-refractivity contribution is 6.30. The number of aliphatic carboxylic acids is 2. The van der Waals surface area contributed by atoms with Crippen molar-refractivity contribution in [1.82, 2.24) is 0 Å². The van der Waals surface area contributed by atoms with E-state index < -0.39 is 42.2 Å². The van der Waals surface area contributed by atoms with Crippen LogP contribution in [0.5, 0.6) is 17.2 Å². The zero-order valence-corrected chi connectivity index (χ0v) is 32.0. The molecule has 2 heterocycles. The zero-order valence-electron chi connectivity index (χ0n) is 31.2. The fourth-order valence-corrected chi connectivity index (χ4v) is 5.61. The van der Waals surface area contributed by atoms with Crippen molar-refractivity contribution in [2.24, 2.45) is 0 Å². The van der Waals surface area contributed by atoms with Crippen molar-refractivity contribution in [3.05, 3.63) is 147 Å². The van der Waals surface area contributed by atoms with Gasteiger partial charge in [0.15, 0.2) is 6.61 Å². The quantitative estimate of drug-likeness (QED) is 0.103. The van der Waals surface area contributed by atoms with Crippen molar-refractivity contribution in [3.63, 3.8) is 0 Å². The molecule has 0 atom stereocenters. The first-order chi connectivity index (χ1) is 27.8. The summed E-state index contributed by atoms with van der Waals surface area (Å²) in [5.41, 5.74) is 2.48. The molecule has 0 amide bonds. The number of carboxylic acid groups (broad SMARTS) is 2. The molecular formula is C43H35ClF6O9. The molecule has 0 bridgehead atoms. The van der Waals surface area contributed by atoms with E-state index in [0.717, 1.165) is 28.8 Å². The topological polar surface area (TPSA) is 129 Å². The second-order valence-electron chi connectivity index (χ2n) is 13.0. The van der Waals surface area contributed by atoms with Crippen LogP contribution >= 0.6 is 11.6 Å². The lowest BCUT2D eigenvalue weighted by Crippen LogP contribution is -2.10. The van der Waals surface area contributed by atoms with E-state index in [2.05, 4.69) is 0 Å². The third-order valence-corrected chi connectivity index (χ3v) is 8.78. The summed E-state index contributed by atoms with van der Waals surface area (Å²) >= 11 is 5.81. The van der Waals surface area contributed by atoms with Crippen molar-refractivity contribution in [1.29, 1.82) is 0 Å². The number of hydrogen-bond donors (Lipinski definition) is 2. The standard InChI is InChI=1S/C22H19F3O5.C21H16ClF3O4/c1-13-9-17(7-8-18(13)29-12-21(26)27)28-11-20-14(2)10-19(30-20)15-3-5-16(6-4-15)22(23,24)25;22-16-6-4-14(5-7-16)18-11-15(20(29-18)21(23,24)25)12-28-17-8-1-13(2-9-17)3-10-19(26)27/h3-10H,11-12H2,1-2H3,(H,26,27);1-2,4-9,11H,3,10,12H2,(H,26,27). The SMILES string of the molecule is Cc1cc(OCc2oc(-c3ccc(C(F)(F)F)cc3)cc2C)ccc1OCC(=O)O.O=C(O)CCc1ccc(OCc2cc(-c3ccc(Cl)cc3)oc2C(F)(F)F)cc1. The van der Waals surface area contributed by atoms with Gasteiger partial charge in [-0.2, -0.15) is 26.3 Å². The van der Waals surface area contributed by atoms with Crippen LogP contribution in [0.25, 0.3) is 22.6 Å². The molecule has 59 heavy (non-hydrogen) atoms. The number of ether oxygens (including phenoxy) is 3. The lowest BCUT2D eigenvalue weighted by molar-refractivity contribution is -0.153. The Morgan fingerprint density at radius 3 is 1.81 bits per heavy atom. The molecule has 2 aromatic heterocycles. The average Bonchev–Trinajstić information content (AvgIpc) is 3.79. The Labute approximate surface area is 338 Å². The van der Waals surface area contributed by atoms with E-state index >= 15 is 0 Å². The molecule has 0 spiro atoms. The Hall–Kier alpha value is -6.35. The maximum absolute atomic E-state index is 13.4. The number of benzene rings is 4. The third kappa shape index (κ3) is 12.6. The summed E-state index contributed by atoms with van der Waals surface area (Å²) in [6.45, 7) is 2.95. The summed E-state index contributed by atoms with van der Waals surface area (Å²) in [5, 5.41) is 17.8. The first-order valence-corrected chi connectivity index (χ1v) is 18.0. The molecule has 4 aromatic carbocycles. The van der Waals surface area contributed by atoms with Crippen molar-refractivity contribution < 1.29 is 69.2 Å².